The third-order valence-corrected chi connectivity index (χ3v) is 4.96. The van der Waals surface area contributed by atoms with Gasteiger partial charge in [-0.15, -0.1) is 0 Å². The number of hydrogen-bond acceptors (Lipinski definition) is 4. The highest BCUT2D eigenvalue weighted by Gasteiger charge is 2.26. The van der Waals surface area contributed by atoms with Crippen LogP contribution in [0.5, 0.6) is 11.5 Å². The zero-order chi connectivity index (χ0) is 16.9. The summed E-state index contributed by atoms with van der Waals surface area (Å²) in [6.45, 7) is 9.04. The van der Waals surface area contributed by atoms with Gasteiger partial charge in [0.15, 0.2) is 11.5 Å². The second kappa shape index (κ2) is 7.83. The quantitative estimate of drug-likeness (QED) is 0.736. The zero-order valence-corrected chi connectivity index (χ0v) is 15.1. The minimum absolute atomic E-state index is 0.228. The molecule has 0 radical (unpaired) electrons. The number of nitrogens with zero attached hydrogens (tertiary/aromatic N) is 1. The molecule has 0 aliphatic rings. The summed E-state index contributed by atoms with van der Waals surface area (Å²) in [5, 5.41) is 0. The second-order valence-corrected chi connectivity index (χ2v) is 8.06. The number of ether oxygens (including phenoxy) is 2. The molecule has 1 aromatic carbocycles. The molecule has 1 aromatic rings. The smallest absolute Gasteiger partial charge is 0.243 e. The third kappa shape index (κ3) is 4.61. The number of hydrogen-bond donors (Lipinski definition) is 0. The van der Waals surface area contributed by atoms with E-state index in [1.807, 2.05) is 27.7 Å². The molecule has 0 fully saturated rings. The van der Waals surface area contributed by atoms with Crippen LogP contribution in [0.4, 0.5) is 0 Å². The fourth-order valence-electron chi connectivity index (χ4n) is 2.21. The van der Waals surface area contributed by atoms with Crippen LogP contribution < -0.4 is 9.47 Å². The van der Waals surface area contributed by atoms with Gasteiger partial charge in [-0.3, -0.25) is 0 Å². The lowest BCUT2D eigenvalue weighted by atomic mass is 10.2. The number of methoxy groups -OCH3 is 2. The molecule has 0 saturated carbocycles. The van der Waals surface area contributed by atoms with Crippen molar-refractivity contribution >= 4 is 10.0 Å². The maximum absolute atomic E-state index is 12.9. The largest absolute Gasteiger partial charge is 0.493 e. The van der Waals surface area contributed by atoms with E-state index in [1.165, 1.54) is 20.3 Å². The Balaban J connectivity index is 3.23. The lowest BCUT2D eigenvalue weighted by Gasteiger charge is -2.26. The number of benzene rings is 1. The molecule has 0 unspecified atom stereocenters. The fraction of sp³-hybridized carbons (Fsp3) is 0.625. The summed E-state index contributed by atoms with van der Waals surface area (Å²) in [5.74, 6) is 1.45. The molecule has 0 spiro atoms. The summed E-state index contributed by atoms with van der Waals surface area (Å²) in [6, 6.07) is 4.70. The van der Waals surface area contributed by atoms with Crippen molar-refractivity contribution in [2.45, 2.75) is 32.6 Å². The van der Waals surface area contributed by atoms with E-state index in [9.17, 15) is 8.42 Å². The van der Waals surface area contributed by atoms with Crippen LogP contribution >= 0.6 is 0 Å². The van der Waals surface area contributed by atoms with Crippen LogP contribution in [0.2, 0.25) is 0 Å². The zero-order valence-electron chi connectivity index (χ0n) is 14.3. The molecule has 0 bridgehead atoms. The Hall–Kier alpha value is -1.27. The molecule has 0 heterocycles. The van der Waals surface area contributed by atoms with Crippen LogP contribution in [0.25, 0.3) is 0 Å². The molecule has 1 rings (SSSR count). The Morgan fingerprint density at radius 1 is 0.955 bits per heavy atom. The normalized spacial score (nSPS) is 12.2. The molecule has 126 valence electrons. The molecule has 0 saturated heterocycles. The first-order chi connectivity index (χ1) is 10.2. The van der Waals surface area contributed by atoms with E-state index < -0.39 is 10.0 Å². The van der Waals surface area contributed by atoms with Crippen molar-refractivity contribution in [3.05, 3.63) is 18.2 Å². The van der Waals surface area contributed by atoms with Gasteiger partial charge in [-0.2, -0.15) is 4.31 Å². The van der Waals surface area contributed by atoms with Gasteiger partial charge in [-0.05, 0) is 24.0 Å². The van der Waals surface area contributed by atoms with Crippen LogP contribution in [-0.2, 0) is 10.0 Å². The van der Waals surface area contributed by atoms with Gasteiger partial charge in [0.05, 0.1) is 19.1 Å². The van der Waals surface area contributed by atoms with E-state index in [0.717, 1.165) is 0 Å². The van der Waals surface area contributed by atoms with Gasteiger partial charge in [0, 0.05) is 19.2 Å². The maximum Gasteiger partial charge on any atom is 0.243 e. The Morgan fingerprint density at radius 2 is 1.45 bits per heavy atom. The van der Waals surface area contributed by atoms with Gasteiger partial charge in [0.1, 0.15) is 0 Å². The minimum Gasteiger partial charge on any atom is -0.493 e. The molecular formula is C16H27NO4S. The average Bonchev–Trinajstić information content (AvgIpc) is 2.44. The van der Waals surface area contributed by atoms with Crippen molar-refractivity contribution in [2.24, 2.45) is 11.8 Å². The van der Waals surface area contributed by atoms with Gasteiger partial charge in [0.25, 0.3) is 0 Å². The summed E-state index contributed by atoms with van der Waals surface area (Å²) in [7, 11) is -0.533. The highest BCUT2D eigenvalue weighted by Crippen LogP contribution is 2.31. The van der Waals surface area contributed by atoms with Gasteiger partial charge >= 0.3 is 0 Å². The lowest BCUT2D eigenvalue weighted by Crippen LogP contribution is -2.37. The standard InChI is InChI=1S/C16H27NO4S/c1-12(2)10-17(11-13(3)4)22(18,19)14-7-8-15(20-5)16(9-14)21-6/h7-9,12-13H,10-11H2,1-6H3. The van der Waals surface area contributed by atoms with Crippen molar-refractivity contribution in [1.29, 1.82) is 0 Å². The van der Waals surface area contributed by atoms with Crippen LogP contribution in [0.1, 0.15) is 27.7 Å². The summed E-state index contributed by atoms with van der Waals surface area (Å²) in [5.41, 5.74) is 0. The first-order valence-corrected chi connectivity index (χ1v) is 8.88. The SMILES string of the molecule is COc1ccc(S(=O)(=O)N(CC(C)C)CC(C)C)cc1OC. The molecule has 0 atom stereocenters. The van der Waals surface area contributed by atoms with E-state index in [4.69, 9.17) is 9.47 Å². The van der Waals surface area contributed by atoms with Gasteiger partial charge < -0.3 is 9.47 Å². The summed E-state index contributed by atoms with van der Waals surface area (Å²) < 4.78 is 37.7. The first-order valence-electron chi connectivity index (χ1n) is 7.44. The fourth-order valence-corrected chi connectivity index (χ4v) is 3.99. The first kappa shape index (κ1) is 18.8. The van der Waals surface area contributed by atoms with Gasteiger partial charge in [-0.25, -0.2) is 8.42 Å². The number of sulfonamides is 1. The average molecular weight is 329 g/mol. The number of rotatable bonds is 8. The second-order valence-electron chi connectivity index (χ2n) is 6.13. The van der Waals surface area contributed by atoms with E-state index in [1.54, 1.807) is 16.4 Å². The predicted molar refractivity (Wildman–Crippen MR) is 88.0 cm³/mol. The summed E-state index contributed by atoms with van der Waals surface area (Å²) >= 11 is 0. The van der Waals surface area contributed by atoms with Gasteiger partial charge in [0.2, 0.25) is 10.0 Å². The Morgan fingerprint density at radius 3 is 1.86 bits per heavy atom. The molecular weight excluding hydrogens is 302 g/mol. The summed E-state index contributed by atoms with van der Waals surface area (Å²) in [6.07, 6.45) is 0. The molecule has 0 aromatic heterocycles. The molecule has 5 nitrogen and oxygen atoms in total. The summed E-state index contributed by atoms with van der Waals surface area (Å²) in [4.78, 5) is 0.228. The van der Waals surface area contributed by atoms with Crippen LogP contribution in [0, 0.1) is 11.8 Å². The van der Waals surface area contributed by atoms with E-state index in [0.29, 0.717) is 24.6 Å². The van der Waals surface area contributed by atoms with Crippen molar-refractivity contribution in [3.63, 3.8) is 0 Å². The lowest BCUT2D eigenvalue weighted by molar-refractivity contribution is 0.332. The maximum atomic E-state index is 12.9. The molecule has 0 N–H and O–H groups in total. The molecule has 6 heteroatoms. The highest BCUT2D eigenvalue weighted by molar-refractivity contribution is 7.89. The van der Waals surface area contributed by atoms with Crippen LogP contribution in [-0.4, -0.2) is 40.0 Å². The minimum atomic E-state index is -3.55. The van der Waals surface area contributed by atoms with Crippen molar-refractivity contribution in [2.75, 3.05) is 27.3 Å². The van der Waals surface area contributed by atoms with Crippen molar-refractivity contribution in [3.8, 4) is 11.5 Å². The Bertz CT molecular complexity index is 572. The van der Waals surface area contributed by atoms with Crippen LogP contribution in [0.15, 0.2) is 23.1 Å². The molecule has 0 aliphatic heterocycles. The third-order valence-electron chi connectivity index (χ3n) is 3.13. The van der Waals surface area contributed by atoms with Crippen LogP contribution in [0.3, 0.4) is 0 Å². The topological polar surface area (TPSA) is 55.8 Å². The van der Waals surface area contributed by atoms with E-state index in [-0.39, 0.29) is 16.7 Å². The van der Waals surface area contributed by atoms with E-state index >= 15 is 0 Å². The monoisotopic (exact) mass is 329 g/mol. The highest BCUT2D eigenvalue weighted by atomic mass is 32.2. The van der Waals surface area contributed by atoms with Gasteiger partial charge in [-0.1, -0.05) is 27.7 Å². The Labute approximate surface area is 134 Å². The molecule has 0 aliphatic carbocycles. The van der Waals surface area contributed by atoms with Crippen molar-refractivity contribution < 1.29 is 17.9 Å². The molecule has 22 heavy (non-hydrogen) atoms. The molecule has 0 amide bonds. The van der Waals surface area contributed by atoms with Crippen molar-refractivity contribution in [1.82, 2.24) is 4.31 Å². The predicted octanol–water partition coefficient (Wildman–Crippen LogP) is 3.01. The van der Waals surface area contributed by atoms with E-state index in [2.05, 4.69) is 0 Å². The Kier molecular flexibility index (Phi) is 6.68.